The number of carboxylic acids is 1. The van der Waals surface area contributed by atoms with Gasteiger partial charge in [0.25, 0.3) is 5.91 Å². The Morgan fingerprint density at radius 1 is 1.22 bits per heavy atom. The number of rotatable bonds is 9. The number of hydrogen-bond acceptors (Lipinski definition) is 13. The minimum absolute atomic E-state index is 0.0347. The molecule has 0 radical (unpaired) electrons. The lowest BCUT2D eigenvalue weighted by Crippen LogP contribution is -2.71. The number of H-pyrrole nitrogens is 1. The van der Waals surface area contributed by atoms with Crippen LogP contribution in [0.25, 0.3) is 0 Å². The molecule has 6 amide bonds. The number of carboxylic acid groups (broad SMARTS) is 1. The van der Waals surface area contributed by atoms with Crippen molar-refractivity contribution in [2.75, 3.05) is 30.9 Å². The number of urea groups is 2. The third kappa shape index (κ3) is 6.09. The standard InChI is InChI=1S/C23H24N8O10S4/c1-28-18(35)16(33)26-27-22(28)44-9-10-8-43-19-13(17(34)31(19)14(10)20(36)37)24-15(32)12(11-4-3-7-42-11)25-21(38)29-5-6-30(23(29)39)45(2,40)41/h3-4,7,12-13,19H,5-6,8-9H2,1-2H3,(H,24,32)(H,25,38)(H,26,33)(H,36,37)/t12?,13?,19-/m1/s1. The van der Waals surface area contributed by atoms with Crippen LogP contribution in [0.1, 0.15) is 10.9 Å². The van der Waals surface area contributed by atoms with Crippen molar-refractivity contribution in [2.24, 2.45) is 7.05 Å². The van der Waals surface area contributed by atoms with Gasteiger partial charge in [-0.2, -0.15) is 0 Å². The molecule has 2 unspecified atom stereocenters. The number of fused-ring (bicyclic) bond motifs is 1. The average Bonchev–Trinajstić information content (AvgIpc) is 3.66. The molecule has 2 saturated heterocycles. The zero-order chi connectivity index (χ0) is 32.8. The Balaban J connectivity index is 1.29. The molecule has 45 heavy (non-hydrogen) atoms. The van der Waals surface area contributed by atoms with Gasteiger partial charge in [0, 0.05) is 23.4 Å². The van der Waals surface area contributed by atoms with Crippen molar-refractivity contribution in [3.63, 3.8) is 0 Å². The molecule has 4 N–H and O–H groups in total. The molecule has 0 saturated carbocycles. The summed E-state index contributed by atoms with van der Waals surface area (Å²) in [6.07, 6.45) is 0.830. The Labute approximate surface area is 265 Å². The number of carbonyl (C=O) groups is 5. The summed E-state index contributed by atoms with van der Waals surface area (Å²) in [5.74, 6) is -2.69. The number of β-lactam (4-membered cyclic amide) rings is 1. The van der Waals surface area contributed by atoms with Crippen molar-refractivity contribution < 1.29 is 37.5 Å². The Kier molecular flexibility index (Phi) is 8.83. The number of aromatic nitrogens is 3. The highest BCUT2D eigenvalue weighted by Crippen LogP contribution is 2.41. The van der Waals surface area contributed by atoms with Gasteiger partial charge in [-0.3, -0.25) is 28.6 Å². The first-order chi connectivity index (χ1) is 21.2. The topological polar surface area (TPSA) is 241 Å². The van der Waals surface area contributed by atoms with E-state index in [1.54, 1.807) is 17.5 Å². The molecule has 2 aromatic heterocycles. The molecule has 0 aliphatic carbocycles. The zero-order valence-electron chi connectivity index (χ0n) is 23.3. The first-order valence-electron chi connectivity index (χ1n) is 12.8. The number of thiophene rings is 1. The van der Waals surface area contributed by atoms with E-state index in [9.17, 15) is 47.1 Å². The highest BCUT2D eigenvalue weighted by molar-refractivity contribution is 8.01. The number of thioether (sulfide) groups is 2. The molecule has 0 aromatic carbocycles. The van der Waals surface area contributed by atoms with Crippen molar-refractivity contribution >= 4 is 74.7 Å². The Bertz CT molecular complexity index is 1850. The molecule has 22 heteroatoms. The summed E-state index contributed by atoms with van der Waals surface area (Å²) in [7, 11) is -2.57. The van der Waals surface area contributed by atoms with Crippen molar-refractivity contribution in [3.8, 4) is 0 Å². The number of sulfonamides is 1. The second-order valence-electron chi connectivity index (χ2n) is 9.81. The van der Waals surface area contributed by atoms with Crippen LogP contribution in [0.3, 0.4) is 0 Å². The largest absolute Gasteiger partial charge is 0.477 e. The van der Waals surface area contributed by atoms with E-state index in [1.165, 1.54) is 18.8 Å². The highest BCUT2D eigenvalue weighted by Gasteiger charge is 2.54. The smallest absolute Gasteiger partial charge is 0.352 e. The van der Waals surface area contributed by atoms with Gasteiger partial charge in [-0.1, -0.05) is 17.8 Å². The lowest BCUT2D eigenvalue weighted by Gasteiger charge is -2.49. The van der Waals surface area contributed by atoms with Crippen molar-refractivity contribution in [3.05, 3.63) is 54.4 Å². The number of nitrogens with zero attached hydrogens (tertiary/aromatic N) is 5. The monoisotopic (exact) mass is 700 g/mol. The van der Waals surface area contributed by atoms with E-state index in [0.29, 0.717) is 19.7 Å². The van der Waals surface area contributed by atoms with E-state index in [0.717, 1.165) is 38.8 Å². The molecule has 0 spiro atoms. The van der Waals surface area contributed by atoms with E-state index in [1.807, 2.05) is 0 Å². The summed E-state index contributed by atoms with van der Waals surface area (Å²) in [6.45, 7) is -0.476. The van der Waals surface area contributed by atoms with Crippen molar-refractivity contribution in [1.82, 2.24) is 39.5 Å². The zero-order valence-corrected chi connectivity index (χ0v) is 26.5. The molecule has 240 valence electrons. The molecule has 3 aliphatic rings. The van der Waals surface area contributed by atoms with Gasteiger partial charge in [0.05, 0.1) is 19.3 Å². The van der Waals surface area contributed by atoms with Crippen LogP contribution in [0.15, 0.2) is 43.5 Å². The van der Waals surface area contributed by atoms with Gasteiger partial charge in [0.2, 0.25) is 15.9 Å². The normalized spacial score (nSPS) is 20.5. The molecule has 0 bridgehead atoms. The van der Waals surface area contributed by atoms with E-state index >= 15 is 0 Å². The van der Waals surface area contributed by atoms with Gasteiger partial charge in [-0.05, 0) is 17.0 Å². The molecule has 2 aromatic rings. The summed E-state index contributed by atoms with van der Waals surface area (Å²) in [5.41, 5.74) is -1.67. The van der Waals surface area contributed by atoms with E-state index in [2.05, 4.69) is 20.8 Å². The van der Waals surface area contributed by atoms with E-state index < -0.39 is 68.4 Å². The molecule has 3 aliphatic heterocycles. The molecule has 5 rings (SSSR count). The maximum absolute atomic E-state index is 13.4. The number of imide groups is 1. The predicted octanol–water partition coefficient (Wildman–Crippen LogP) is -1.49. The average molecular weight is 701 g/mol. The summed E-state index contributed by atoms with van der Waals surface area (Å²) in [4.78, 5) is 89.8. The molecular formula is C23H24N8O10S4. The number of carbonyl (C=O) groups excluding carboxylic acids is 4. The van der Waals surface area contributed by atoms with Crippen LogP contribution in [0.2, 0.25) is 0 Å². The first kappa shape index (κ1) is 32.2. The van der Waals surface area contributed by atoms with Gasteiger partial charge in [-0.25, -0.2) is 37.1 Å². The number of aliphatic carboxylic acids is 1. The van der Waals surface area contributed by atoms with E-state index in [4.69, 9.17) is 0 Å². The van der Waals surface area contributed by atoms with Crippen molar-refractivity contribution in [2.45, 2.75) is 22.6 Å². The Hall–Kier alpha value is -4.15. The fourth-order valence-electron chi connectivity index (χ4n) is 4.71. The van der Waals surface area contributed by atoms with Crippen molar-refractivity contribution in [1.29, 1.82) is 0 Å². The van der Waals surface area contributed by atoms with Gasteiger partial charge in [0.1, 0.15) is 23.2 Å². The van der Waals surface area contributed by atoms with Gasteiger partial charge < -0.3 is 15.7 Å². The van der Waals surface area contributed by atoms with Crippen LogP contribution in [0, 0.1) is 0 Å². The minimum Gasteiger partial charge on any atom is -0.477 e. The van der Waals surface area contributed by atoms with Crippen LogP contribution >= 0.6 is 34.9 Å². The maximum atomic E-state index is 13.4. The third-order valence-electron chi connectivity index (χ3n) is 6.94. The minimum atomic E-state index is -3.91. The lowest BCUT2D eigenvalue weighted by molar-refractivity contribution is -0.150. The fourth-order valence-corrected chi connectivity index (χ4v) is 8.68. The molecule has 18 nitrogen and oxygen atoms in total. The molecule has 3 atom stereocenters. The predicted molar refractivity (Wildman–Crippen MR) is 160 cm³/mol. The number of hydrogen-bond donors (Lipinski definition) is 4. The highest BCUT2D eigenvalue weighted by atomic mass is 32.2. The second-order valence-corrected chi connectivity index (χ2v) is 14.7. The van der Waals surface area contributed by atoms with Crippen LogP contribution < -0.4 is 21.8 Å². The second kappa shape index (κ2) is 12.3. The van der Waals surface area contributed by atoms with Crippen LogP contribution in [0.5, 0.6) is 0 Å². The quantitative estimate of drug-likeness (QED) is 0.133. The van der Waals surface area contributed by atoms with Crippen LogP contribution in [0.4, 0.5) is 9.59 Å². The number of nitrogens with one attached hydrogen (secondary N) is 3. The van der Waals surface area contributed by atoms with Gasteiger partial charge in [0.15, 0.2) is 5.16 Å². The summed E-state index contributed by atoms with van der Waals surface area (Å²) in [5, 5.41) is 21.8. The van der Waals surface area contributed by atoms with Crippen LogP contribution in [-0.2, 0) is 31.5 Å². The summed E-state index contributed by atoms with van der Waals surface area (Å²) >= 11 is 3.31. The van der Waals surface area contributed by atoms with Gasteiger partial charge in [-0.15, -0.1) is 28.2 Å². The number of amides is 6. The Morgan fingerprint density at radius 3 is 2.58 bits per heavy atom. The molecular weight excluding hydrogens is 677 g/mol. The number of aromatic amines is 1. The SMILES string of the molecule is Cn1c(SCC2=C(C(=O)O)N3C(=O)C(NC(=O)C(NC(=O)N4CCN(S(C)(=O)=O)C4=O)c4cccs4)[C@H]3SC2)n[nH]c(=O)c1=O. The maximum Gasteiger partial charge on any atom is 0.352 e. The van der Waals surface area contributed by atoms with Gasteiger partial charge >= 0.3 is 29.2 Å². The summed E-state index contributed by atoms with van der Waals surface area (Å²) < 4.78 is 25.2. The van der Waals surface area contributed by atoms with Crippen LogP contribution in [-0.4, -0.2) is 115 Å². The fraction of sp³-hybridized carbons (Fsp3) is 0.391. The molecule has 2 fully saturated rings. The lowest BCUT2D eigenvalue weighted by atomic mass is 10.0. The summed E-state index contributed by atoms with van der Waals surface area (Å²) in [6, 6.07) is -1.40. The van der Waals surface area contributed by atoms with E-state index in [-0.39, 0.29) is 35.4 Å². The molecule has 5 heterocycles. The third-order valence-corrected chi connectivity index (χ3v) is 11.5. The Morgan fingerprint density at radius 2 is 1.96 bits per heavy atom. The first-order valence-corrected chi connectivity index (χ1v) is 17.6.